The topological polar surface area (TPSA) is 72.2 Å². The van der Waals surface area contributed by atoms with Gasteiger partial charge in [0.25, 0.3) is 0 Å². The summed E-state index contributed by atoms with van der Waals surface area (Å²) in [6.07, 6.45) is 0. The average Bonchev–Trinajstić information content (AvgIpc) is 2.82. The highest BCUT2D eigenvalue weighted by Gasteiger charge is 2.10. The smallest absolute Gasteiger partial charge is 0.238 e. The number of thiophene rings is 1. The third kappa shape index (κ3) is 4.04. The SMILES string of the molecule is CC(NCc1cccc(S(N)(=O)=O)c1)c1csc(Cl)c1. The van der Waals surface area contributed by atoms with E-state index in [-0.39, 0.29) is 10.9 Å². The molecule has 0 fully saturated rings. The fraction of sp³-hybridized carbons (Fsp3) is 0.231. The molecule has 0 aliphatic carbocycles. The molecule has 2 rings (SSSR count). The third-order valence-corrected chi connectivity index (χ3v) is 4.95. The molecular weight excluding hydrogens is 316 g/mol. The van der Waals surface area contributed by atoms with Crippen LogP contribution in [0.2, 0.25) is 4.34 Å². The van der Waals surface area contributed by atoms with Gasteiger partial charge < -0.3 is 5.32 Å². The molecule has 0 aliphatic rings. The van der Waals surface area contributed by atoms with E-state index in [4.69, 9.17) is 16.7 Å². The molecule has 1 heterocycles. The van der Waals surface area contributed by atoms with Gasteiger partial charge in [-0.1, -0.05) is 23.7 Å². The highest BCUT2D eigenvalue weighted by Crippen LogP contribution is 2.24. The van der Waals surface area contributed by atoms with E-state index in [9.17, 15) is 8.42 Å². The van der Waals surface area contributed by atoms with Crippen molar-refractivity contribution in [3.63, 3.8) is 0 Å². The highest BCUT2D eigenvalue weighted by molar-refractivity contribution is 7.89. The van der Waals surface area contributed by atoms with E-state index in [2.05, 4.69) is 5.32 Å². The predicted molar refractivity (Wildman–Crippen MR) is 82.4 cm³/mol. The molecule has 1 aromatic heterocycles. The average molecular weight is 331 g/mol. The molecular formula is C13H15ClN2O2S2. The first-order valence-electron chi connectivity index (χ1n) is 5.95. The van der Waals surface area contributed by atoms with E-state index in [1.165, 1.54) is 17.4 Å². The van der Waals surface area contributed by atoms with E-state index < -0.39 is 10.0 Å². The van der Waals surface area contributed by atoms with Crippen LogP contribution in [-0.2, 0) is 16.6 Å². The second-order valence-corrected chi connectivity index (χ2v) is 7.58. The van der Waals surface area contributed by atoms with Crippen LogP contribution < -0.4 is 10.5 Å². The number of hydrogen-bond donors (Lipinski definition) is 2. The molecule has 2 aromatic rings. The zero-order valence-corrected chi connectivity index (χ0v) is 13.2. The van der Waals surface area contributed by atoms with Crippen LogP contribution in [0.5, 0.6) is 0 Å². The summed E-state index contributed by atoms with van der Waals surface area (Å²) in [6, 6.07) is 8.66. The Balaban J connectivity index is 2.04. The standard InChI is InChI=1S/C13H15ClN2O2S2/c1-9(11-6-13(14)19-8-11)16-7-10-3-2-4-12(5-10)20(15,17)18/h2-6,8-9,16H,7H2,1H3,(H2,15,17,18). The number of hydrogen-bond acceptors (Lipinski definition) is 4. The van der Waals surface area contributed by atoms with Gasteiger partial charge in [0.1, 0.15) is 0 Å². The monoisotopic (exact) mass is 330 g/mol. The Kier molecular flexibility index (Phi) is 4.82. The van der Waals surface area contributed by atoms with Crippen molar-refractivity contribution in [2.45, 2.75) is 24.4 Å². The second kappa shape index (κ2) is 6.24. The third-order valence-electron chi connectivity index (χ3n) is 2.93. The van der Waals surface area contributed by atoms with Gasteiger partial charge in [-0.3, -0.25) is 0 Å². The largest absolute Gasteiger partial charge is 0.306 e. The molecule has 1 unspecified atom stereocenters. The summed E-state index contributed by atoms with van der Waals surface area (Å²) in [6.45, 7) is 2.58. The Bertz CT molecular complexity index is 698. The van der Waals surface area contributed by atoms with E-state index in [1.807, 2.05) is 24.4 Å². The number of sulfonamides is 1. The quantitative estimate of drug-likeness (QED) is 0.885. The van der Waals surface area contributed by atoms with Crippen molar-refractivity contribution >= 4 is 33.0 Å². The van der Waals surface area contributed by atoms with Crippen molar-refractivity contribution in [3.8, 4) is 0 Å². The van der Waals surface area contributed by atoms with Crippen molar-refractivity contribution < 1.29 is 8.42 Å². The summed E-state index contributed by atoms with van der Waals surface area (Å²) >= 11 is 7.39. The molecule has 108 valence electrons. The van der Waals surface area contributed by atoms with Gasteiger partial charge in [-0.25, -0.2) is 13.6 Å². The van der Waals surface area contributed by atoms with Crippen molar-refractivity contribution in [1.29, 1.82) is 0 Å². The molecule has 4 nitrogen and oxygen atoms in total. The van der Waals surface area contributed by atoms with Crippen LogP contribution in [0.15, 0.2) is 40.6 Å². The van der Waals surface area contributed by atoms with Crippen LogP contribution in [0.25, 0.3) is 0 Å². The van der Waals surface area contributed by atoms with E-state index in [0.717, 1.165) is 15.5 Å². The van der Waals surface area contributed by atoms with Crippen LogP contribution in [-0.4, -0.2) is 8.42 Å². The van der Waals surface area contributed by atoms with Crippen LogP contribution in [0.3, 0.4) is 0 Å². The van der Waals surface area contributed by atoms with Gasteiger partial charge in [0.2, 0.25) is 10.0 Å². The first-order chi connectivity index (χ1) is 9.36. The lowest BCUT2D eigenvalue weighted by molar-refractivity contribution is 0.575. The molecule has 1 aromatic carbocycles. The van der Waals surface area contributed by atoms with Crippen LogP contribution >= 0.6 is 22.9 Å². The maximum absolute atomic E-state index is 11.3. The number of nitrogens with two attached hydrogens (primary N) is 1. The summed E-state index contributed by atoms with van der Waals surface area (Å²) in [5, 5.41) is 10.4. The zero-order chi connectivity index (χ0) is 14.8. The Hall–Kier alpha value is -0.920. The van der Waals surface area contributed by atoms with Gasteiger partial charge in [0.05, 0.1) is 9.23 Å². The van der Waals surface area contributed by atoms with Gasteiger partial charge in [-0.2, -0.15) is 0 Å². The molecule has 0 aliphatic heterocycles. The van der Waals surface area contributed by atoms with Crippen molar-refractivity contribution in [2.75, 3.05) is 0 Å². The van der Waals surface area contributed by atoms with Crippen molar-refractivity contribution in [3.05, 3.63) is 51.2 Å². The normalized spacial score (nSPS) is 13.3. The van der Waals surface area contributed by atoms with Crippen molar-refractivity contribution in [1.82, 2.24) is 5.32 Å². The molecule has 0 radical (unpaired) electrons. The maximum atomic E-state index is 11.3. The molecule has 3 N–H and O–H groups in total. The van der Waals surface area contributed by atoms with Crippen LogP contribution in [0, 0.1) is 0 Å². The molecule has 0 amide bonds. The zero-order valence-electron chi connectivity index (χ0n) is 10.8. The first kappa shape index (κ1) is 15.5. The summed E-state index contributed by atoms with van der Waals surface area (Å²) in [4.78, 5) is 0.128. The number of rotatable bonds is 5. The van der Waals surface area contributed by atoms with Gasteiger partial charge in [0.15, 0.2) is 0 Å². The number of halogens is 1. The van der Waals surface area contributed by atoms with E-state index >= 15 is 0 Å². The Morgan fingerprint density at radius 1 is 1.40 bits per heavy atom. The number of benzene rings is 1. The Labute approximate surface area is 127 Å². The maximum Gasteiger partial charge on any atom is 0.238 e. The molecule has 0 saturated carbocycles. The van der Waals surface area contributed by atoms with Gasteiger partial charge in [-0.15, -0.1) is 11.3 Å². The number of nitrogens with one attached hydrogen (secondary N) is 1. The lowest BCUT2D eigenvalue weighted by Crippen LogP contribution is -2.18. The number of primary sulfonamides is 1. The lowest BCUT2D eigenvalue weighted by Gasteiger charge is -2.12. The first-order valence-corrected chi connectivity index (χ1v) is 8.76. The van der Waals surface area contributed by atoms with Gasteiger partial charge in [0, 0.05) is 12.6 Å². The Morgan fingerprint density at radius 2 is 2.15 bits per heavy atom. The van der Waals surface area contributed by atoms with Gasteiger partial charge >= 0.3 is 0 Å². The van der Waals surface area contributed by atoms with Gasteiger partial charge in [-0.05, 0) is 41.6 Å². The summed E-state index contributed by atoms with van der Waals surface area (Å²) in [7, 11) is -3.66. The molecule has 1 atom stereocenters. The Morgan fingerprint density at radius 3 is 2.75 bits per heavy atom. The molecule has 0 bridgehead atoms. The predicted octanol–water partition coefficient (Wildman–Crippen LogP) is 2.90. The minimum Gasteiger partial charge on any atom is -0.306 e. The highest BCUT2D eigenvalue weighted by atomic mass is 35.5. The summed E-state index contributed by atoms with van der Waals surface area (Å²) in [5.74, 6) is 0. The minimum atomic E-state index is -3.66. The second-order valence-electron chi connectivity index (χ2n) is 4.48. The summed E-state index contributed by atoms with van der Waals surface area (Å²) < 4.78 is 23.3. The van der Waals surface area contributed by atoms with Crippen LogP contribution in [0.4, 0.5) is 0 Å². The molecule has 20 heavy (non-hydrogen) atoms. The fourth-order valence-electron chi connectivity index (χ4n) is 1.77. The fourth-order valence-corrected chi connectivity index (χ4v) is 3.34. The van der Waals surface area contributed by atoms with Crippen LogP contribution in [0.1, 0.15) is 24.1 Å². The minimum absolute atomic E-state index is 0.128. The summed E-state index contributed by atoms with van der Waals surface area (Å²) in [5.41, 5.74) is 1.98. The van der Waals surface area contributed by atoms with Crippen molar-refractivity contribution in [2.24, 2.45) is 5.14 Å². The van der Waals surface area contributed by atoms with E-state index in [0.29, 0.717) is 6.54 Å². The molecule has 0 saturated heterocycles. The molecule has 0 spiro atoms. The van der Waals surface area contributed by atoms with E-state index in [1.54, 1.807) is 12.1 Å². The molecule has 7 heteroatoms. The lowest BCUT2D eigenvalue weighted by atomic mass is 10.1.